The normalized spacial score (nSPS) is 29.2. The van der Waals surface area contributed by atoms with Crippen molar-refractivity contribution >= 4 is 11.7 Å². The Bertz CT molecular complexity index is 908. The van der Waals surface area contributed by atoms with Crippen LogP contribution in [0.4, 0.5) is 10.5 Å². The summed E-state index contributed by atoms with van der Waals surface area (Å²) in [4.78, 5) is 12.8. The maximum atomic E-state index is 12.8. The Morgan fingerprint density at radius 2 is 1.63 bits per heavy atom. The molecule has 0 saturated heterocycles. The highest BCUT2D eigenvalue weighted by molar-refractivity contribution is 5.90. The van der Waals surface area contributed by atoms with E-state index in [0.29, 0.717) is 12.0 Å². The molecule has 2 aromatic rings. The van der Waals surface area contributed by atoms with Gasteiger partial charge in [0.2, 0.25) is 0 Å². The fourth-order valence-corrected chi connectivity index (χ4v) is 6.83. The molecule has 5 nitrogen and oxygen atoms in total. The number of hydrogen-bond donors (Lipinski definition) is 2. The average Bonchev–Trinajstić information content (AvgIpc) is 2.95. The number of urea groups is 1. The fraction of sp³-hybridized carbons (Fsp3) is 0.600. The summed E-state index contributed by atoms with van der Waals surface area (Å²) in [7, 11) is 0. The van der Waals surface area contributed by atoms with Crippen molar-refractivity contribution in [3.05, 3.63) is 46.8 Å². The molecular formula is C25H34N4O. The number of nitrogens with zero attached hydrogens (tertiary/aromatic N) is 2. The van der Waals surface area contributed by atoms with Crippen LogP contribution in [0.5, 0.6) is 0 Å². The van der Waals surface area contributed by atoms with Crippen LogP contribution < -0.4 is 10.6 Å². The van der Waals surface area contributed by atoms with Crippen molar-refractivity contribution in [3.63, 3.8) is 0 Å². The van der Waals surface area contributed by atoms with Gasteiger partial charge in [-0.1, -0.05) is 29.8 Å². The number of hydrogen-bond acceptors (Lipinski definition) is 2. The van der Waals surface area contributed by atoms with Gasteiger partial charge in [0.15, 0.2) is 0 Å². The first-order valence-corrected chi connectivity index (χ1v) is 11.5. The maximum Gasteiger partial charge on any atom is 0.319 e. The lowest BCUT2D eigenvalue weighted by Crippen LogP contribution is -2.51. The molecule has 0 atom stereocenters. The van der Waals surface area contributed by atoms with Gasteiger partial charge in [0, 0.05) is 6.54 Å². The second-order valence-electron chi connectivity index (χ2n) is 10.4. The SMILES string of the molecule is Cc1ccc(Cn2nc(C)c(NC(=O)NCC34CC5CC(CC(C5)C3)C4)c2C)cc1. The molecule has 2 amide bonds. The van der Waals surface area contributed by atoms with E-state index < -0.39 is 0 Å². The number of aromatic nitrogens is 2. The van der Waals surface area contributed by atoms with Gasteiger partial charge in [-0.25, -0.2) is 4.79 Å². The molecule has 30 heavy (non-hydrogen) atoms. The molecule has 4 fully saturated rings. The van der Waals surface area contributed by atoms with Gasteiger partial charge in [-0.3, -0.25) is 4.68 Å². The summed E-state index contributed by atoms with van der Waals surface area (Å²) in [5.74, 6) is 2.72. The molecule has 4 aliphatic rings. The summed E-state index contributed by atoms with van der Waals surface area (Å²) in [5, 5.41) is 11.0. The van der Waals surface area contributed by atoms with Crippen LogP contribution in [0.3, 0.4) is 0 Å². The first-order chi connectivity index (χ1) is 14.4. The molecule has 160 valence electrons. The predicted octanol–water partition coefficient (Wildman–Crippen LogP) is 5.19. The molecule has 4 aliphatic carbocycles. The Balaban J connectivity index is 1.22. The van der Waals surface area contributed by atoms with Crippen molar-refractivity contribution in [2.75, 3.05) is 11.9 Å². The van der Waals surface area contributed by atoms with Gasteiger partial charge >= 0.3 is 6.03 Å². The number of carbonyl (C=O) groups excluding carboxylic acids is 1. The highest BCUT2D eigenvalue weighted by Crippen LogP contribution is 2.59. The number of aryl methyl sites for hydroxylation is 2. The quantitative estimate of drug-likeness (QED) is 0.717. The lowest BCUT2D eigenvalue weighted by Gasteiger charge is -2.56. The lowest BCUT2D eigenvalue weighted by atomic mass is 9.49. The van der Waals surface area contributed by atoms with Crippen LogP contribution in [0.25, 0.3) is 0 Å². The van der Waals surface area contributed by atoms with Crippen LogP contribution >= 0.6 is 0 Å². The van der Waals surface area contributed by atoms with Gasteiger partial charge in [0.25, 0.3) is 0 Å². The minimum absolute atomic E-state index is 0.0909. The Kier molecular flexibility index (Phi) is 4.87. The van der Waals surface area contributed by atoms with Crippen LogP contribution in [-0.2, 0) is 6.54 Å². The van der Waals surface area contributed by atoms with Gasteiger partial charge in [0.05, 0.1) is 23.6 Å². The van der Waals surface area contributed by atoms with E-state index in [1.54, 1.807) is 0 Å². The van der Waals surface area contributed by atoms with Crippen LogP contribution in [0.2, 0.25) is 0 Å². The maximum absolute atomic E-state index is 12.8. The zero-order chi connectivity index (χ0) is 20.9. The van der Waals surface area contributed by atoms with E-state index in [2.05, 4.69) is 46.9 Å². The van der Waals surface area contributed by atoms with Crippen LogP contribution in [0.1, 0.15) is 61.0 Å². The lowest BCUT2D eigenvalue weighted by molar-refractivity contribution is -0.0496. The standard InChI is InChI=1S/C25H34N4O/c1-16-4-6-19(7-5-16)14-29-18(3)23(17(2)28-29)27-24(30)26-15-25-11-20-8-21(12-25)10-22(9-20)13-25/h4-7,20-22H,8-15H2,1-3H3,(H2,26,27,30). The second kappa shape index (κ2) is 7.44. The molecule has 0 spiro atoms. The van der Waals surface area contributed by atoms with Crippen molar-refractivity contribution < 1.29 is 4.79 Å². The van der Waals surface area contributed by atoms with E-state index in [1.807, 2.05) is 18.5 Å². The molecule has 1 aromatic carbocycles. The molecule has 2 N–H and O–H groups in total. The van der Waals surface area contributed by atoms with E-state index in [4.69, 9.17) is 0 Å². The molecule has 4 saturated carbocycles. The molecule has 0 unspecified atom stereocenters. The molecule has 0 radical (unpaired) electrons. The van der Waals surface area contributed by atoms with Crippen molar-refractivity contribution in [2.45, 2.75) is 65.8 Å². The van der Waals surface area contributed by atoms with Crippen LogP contribution in [-0.4, -0.2) is 22.4 Å². The highest BCUT2D eigenvalue weighted by Gasteiger charge is 2.50. The van der Waals surface area contributed by atoms with E-state index in [9.17, 15) is 4.79 Å². The molecule has 5 heteroatoms. The number of carbonyl (C=O) groups is 1. The van der Waals surface area contributed by atoms with Gasteiger partial charge < -0.3 is 10.6 Å². The van der Waals surface area contributed by atoms with Gasteiger partial charge in [0.1, 0.15) is 0 Å². The Morgan fingerprint density at radius 1 is 1.03 bits per heavy atom. The summed E-state index contributed by atoms with van der Waals surface area (Å²) in [6.45, 7) is 7.62. The van der Waals surface area contributed by atoms with Crippen molar-refractivity contribution in [1.29, 1.82) is 0 Å². The summed E-state index contributed by atoms with van der Waals surface area (Å²) in [6, 6.07) is 8.43. The van der Waals surface area contributed by atoms with Crippen LogP contribution in [0.15, 0.2) is 24.3 Å². The first kappa shape index (κ1) is 19.7. The van der Waals surface area contributed by atoms with Gasteiger partial charge in [-0.05, 0) is 88.0 Å². The number of rotatable bonds is 5. The molecule has 1 aromatic heterocycles. The van der Waals surface area contributed by atoms with Crippen molar-refractivity contribution in [1.82, 2.24) is 15.1 Å². The summed E-state index contributed by atoms with van der Waals surface area (Å²) in [5.41, 5.74) is 5.52. The van der Waals surface area contributed by atoms with E-state index in [-0.39, 0.29) is 6.03 Å². The third-order valence-corrected chi connectivity index (χ3v) is 7.86. The van der Waals surface area contributed by atoms with E-state index in [1.165, 1.54) is 49.7 Å². The summed E-state index contributed by atoms with van der Waals surface area (Å²) < 4.78 is 1.98. The number of nitrogens with one attached hydrogen (secondary N) is 2. The molecule has 6 rings (SSSR count). The third-order valence-electron chi connectivity index (χ3n) is 7.86. The molecule has 0 aliphatic heterocycles. The minimum Gasteiger partial charge on any atom is -0.337 e. The highest BCUT2D eigenvalue weighted by atomic mass is 16.2. The second-order valence-corrected chi connectivity index (χ2v) is 10.4. The fourth-order valence-electron chi connectivity index (χ4n) is 6.83. The Hall–Kier alpha value is -2.30. The van der Waals surface area contributed by atoms with Gasteiger partial charge in [-0.2, -0.15) is 5.10 Å². The number of anilines is 1. The third kappa shape index (κ3) is 3.75. The average molecular weight is 407 g/mol. The first-order valence-electron chi connectivity index (χ1n) is 11.5. The number of benzene rings is 1. The molecular weight excluding hydrogens is 372 g/mol. The largest absolute Gasteiger partial charge is 0.337 e. The van der Waals surface area contributed by atoms with Crippen molar-refractivity contribution in [2.24, 2.45) is 23.2 Å². The number of amides is 2. The van der Waals surface area contributed by atoms with Gasteiger partial charge in [-0.15, -0.1) is 0 Å². The zero-order valence-electron chi connectivity index (χ0n) is 18.5. The molecule has 4 bridgehead atoms. The minimum atomic E-state index is -0.0909. The topological polar surface area (TPSA) is 59.0 Å². The smallest absolute Gasteiger partial charge is 0.319 e. The summed E-state index contributed by atoms with van der Waals surface area (Å²) in [6.07, 6.45) is 8.24. The van der Waals surface area contributed by atoms with Crippen LogP contribution in [0, 0.1) is 43.9 Å². The molecule has 1 heterocycles. The van der Waals surface area contributed by atoms with E-state index >= 15 is 0 Å². The Labute approximate surface area is 179 Å². The monoisotopic (exact) mass is 406 g/mol. The predicted molar refractivity (Wildman–Crippen MR) is 120 cm³/mol. The van der Waals surface area contributed by atoms with E-state index in [0.717, 1.165) is 41.4 Å². The zero-order valence-corrected chi connectivity index (χ0v) is 18.5. The Morgan fingerprint density at radius 3 is 2.23 bits per heavy atom. The van der Waals surface area contributed by atoms with Crippen molar-refractivity contribution in [3.8, 4) is 0 Å². The summed E-state index contributed by atoms with van der Waals surface area (Å²) >= 11 is 0.